The van der Waals surface area contributed by atoms with Gasteiger partial charge < -0.3 is 9.47 Å². The minimum absolute atomic E-state index is 0.0937. The van der Waals surface area contributed by atoms with E-state index in [-0.39, 0.29) is 17.9 Å². The molecular weight excluding hydrogens is 402 g/mol. The Morgan fingerprint density at radius 1 is 0.867 bits per heavy atom. The number of benzene rings is 3. The van der Waals surface area contributed by atoms with Crippen molar-refractivity contribution in [3.05, 3.63) is 90.0 Å². The fourth-order valence-electron chi connectivity index (χ4n) is 3.53. The second kappa shape index (κ2) is 8.30. The molecule has 0 fully saturated rings. The molecule has 1 aliphatic heterocycles. The molecule has 1 heterocycles. The van der Waals surface area contributed by atoms with Crippen molar-refractivity contribution in [1.82, 2.24) is 4.31 Å². The molecule has 6 nitrogen and oxygen atoms in total. The Balaban J connectivity index is 1.63. The maximum absolute atomic E-state index is 13.4. The molecule has 3 aromatic carbocycles. The summed E-state index contributed by atoms with van der Waals surface area (Å²) in [5, 5.41) is 0. The molecule has 0 N–H and O–H groups in total. The summed E-state index contributed by atoms with van der Waals surface area (Å²) in [5.74, 6) is 0.609. The molecular formula is C23H21NO5S. The highest BCUT2D eigenvalue weighted by molar-refractivity contribution is 7.89. The van der Waals surface area contributed by atoms with Crippen LogP contribution in [0.2, 0.25) is 0 Å². The van der Waals surface area contributed by atoms with Gasteiger partial charge in [-0.2, -0.15) is 4.31 Å². The Morgan fingerprint density at radius 2 is 1.47 bits per heavy atom. The Labute approximate surface area is 175 Å². The summed E-state index contributed by atoms with van der Waals surface area (Å²) in [6, 6.07) is 22.0. The number of sulfonamides is 1. The van der Waals surface area contributed by atoms with E-state index in [1.54, 1.807) is 12.1 Å². The van der Waals surface area contributed by atoms with E-state index < -0.39 is 22.0 Å². The molecule has 0 unspecified atom stereocenters. The maximum Gasteiger partial charge on any atom is 0.324 e. The van der Waals surface area contributed by atoms with E-state index in [2.05, 4.69) is 0 Å². The molecule has 7 heteroatoms. The number of para-hydroxylation sites is 1. The Bertz CT molecular complexity index is 1140. The van der Waals surface area contributed by atoms with Crippen molar-refractivity contribution in [2.75, 3.05) is 7.11 Å². The first-order valence-electron chi connectivity index (χ1n) is 9.48. The Kier molecular flexibility index (Phi) is 5.57. The largest absolute Gasteiger partial charge is 0.468 e. The van der Waals surface area contributed by atoms with Crippen LogP contribution in [-0.2, 0) is 32.5 Å². The third kappa shape index (κ3) is 3.94. The van der Waals surface area contributed by atoms with E-state index in [1.807, 2.05) is 54.6 Å². The fraction of sp³-hybridized carbons (Fsp3) is 0.174. The van der Waals surface area contributed by atoms with Crippen LogP contribution in [0.5, 0.6) is 11.5 Å². The van der Waals surface area contributed by atoms with E-state index in [1.165, 1.54) is 23.5 Å². The second-order valence-electron chi connectivity index (χ2n) is 6.95. The van der Waals surface area contributed by atoms with Crippen LogP contribution < -0.4 is 4.74 Å². The molecule has 154 valence electrons. The summed E-state index contributed by atoms with van der Waals surface area (Å²) in [7, 11) is -2.65. The molecule has 0 aromatic heterocycles. The quantitative estimate of drug-likeness (QED) is 0.584. The molecule has 0 saturated carbocycles. The number of methoxy groups -OCH3 is 1. The van der Waals surface area contributed by atoms with Gasteiger partial charge in [-0.25, -0.2) is 8.42 Å². The Morgan fingerprint density at radius 3 is 2.13 bits per heavy atom. The van der Waals surface area contributed by atoms with E-state index in [0.29, 0.717) is 11.5 Å². The lowest BCUT2D eigenvalue weighted by Crippen LogP contribution is -2.48. The van der Waals surface area contributed by atoms with E-state index in [0.717, 1.165) is 11.1 Å². The first-order chi connectivity index (χ1) is 14.5. The minimum Gasteiger partial charge on any atom is -0.468 e. The van der Waals surface area contributed by atoms with E-state index in [9.17, 15) is 13.2 Å². The van der Waals surface area contributed by atoms with Gasteiger partial charge in [0.05, 0.1) is 12.0 Å². The summed E-state index contributed by atoms with van der Waals surface area (Å²) in [6.07, 6.45) is 0.275. The fourth-order valence-corrected chi connectivity index (χ4v) is 5.08. The van der Waals surface area contributed by atoms with Gasteiger partial charge in [0.2, 0.25) is 10.0 Å². The standard InChI is InChI=1S/C23H21NO5S/c1-28-23(25)22-15-17-7-5-6-8-18(17)16-24(22)30(26,27)21-13-11-20(12-14-21)29-19-9-3-2-4-10-19/h2-14,22H,15-16H2,1H3/t22-/m1/s1. The van der Waals surface area contributed by atoms with Crippen LogP contribution in [0.3, 0.4) is 0 Å². The molecule has 0 saturated heterocycles. The number of ether oxygens (including phenoxy) is 2. The summed E-state index contributed by atoms with van der Waals surface area (Å²) in [5.41, 5.74) is 1.83. The van der Waals surface area contributed by atoms with Gasteiger partial charge in [0.1, 0.15) is 17.5 Å². The molecule has 0 radical (unpaired) electrons. The van der Waals surface area contributed by atoms with Crippen molar-refractivity contribution in [2.24, 2.45) is 0 Å². The lowest BCUT2D eigenvalue weighted by molar-refractivity contribution is -0.145. The first kappa shape index (κ1) is 20.1. The van der Waals surface area contributed by atoms with Gasteiger partial charge in [-0.05, 0) is 47.5 Å². The van der Waals surface area contributed by atoms with Gasteiger partial charge in [-0.15, -0.1) is 0 Å². The van der Waals surface area contributed by atoms with Crippen LogP contribution in [0.1, 0.15) is 11.1 Å². The van der Waals surface area contributed by atoms with Crippen LogP contribution in [-0.4, -0.2) is 31.8 Å². The van der Waals surface area contributed by atoms with Gasteiger partial charge in [0, 0.05) is 13.0 Å². The SMILES string of the molecule is COC(=O)[C@H]1Cc2ccccc2CN1S(=O)(=O)c1ccc(Oc2ccccc2)cc1. The topological polar surface area (TPSA) is 72.9 Å². The van der Waals surface area contributed by atoms with Crippen LogP contribution in [0, 0.1) is 0 Å². The van der Waals surface area contributed by atoms with Crippen LogP contribution >= 0.6 is 0 Å². The zero-order valence-corrected chi connectivity index (χ0v) is 17.2. The van der Waals surface area contributed by atoms with Crippen LogP contribution in [0.25, 0.3) is 0 Å². The maximum atomic E-state index is 13.4. The molecule has 0 aliphatic carbocycles. The monoisotopic (exact) mass is 423 g/mol. The van der Waals surface area contributed by atoms with E-state index >= 15 is 0 Å². The predicted octanol–water partition coefficient (Wildman–Crippen LogP) is 3.77. The summed E-state index contributed by atoms with van der Waals surface area (Å²) in [4.78, 5) is 12.5. The number of esters is 1. The molecule has 1 aliphatic rings. The molecule has 3 aromatic rings. The number of carbonyl (C=O) groups is 1. The van der Waals surface area contributed by atoms with Gasteiger partial charge in [-0.1, -0.05) is 42.5 Å². The average Bonchev–Trinajstić information content (AvgIpc) is 2.78. The van der Waals surface area contributed by atoms with Gasteiger partial charge >= 0.3 is 5.97 Å². The molecule has 0 bridgehead atoms. The number of hydrogen-bond acceptors (Lipinski definition) is 5. The molecule has 0 amide bonds. The number of carbonyl (C=O) groups excluding carboxylic acids is 1. The third-order valence-corrected chi connectivity index (χ3v) is 6.96. The lowest BCUT2D eigenvalue weighted by Gasteiger charge is -2.34. The highest BCUT2D eigenvalue weighted by atomic mass is 32.2. The summed E-state index contributed by atoms with van der Waals surface area (Å²) in [6.45, 7) is 0.112. The normalized spacial score (nSPS) is 16.5. The van der Waals surface area contributed by atoms with Gasteiger partial charge in [-0.3, -0.25) is 4.79 Å². The minimum atomic E-state index is -3.92. The highest BCUT2D eigenvalue weighted by Gasteiger charge is 2.40. The van der Waals surface area contributed by atoms with Gasteiger partial charge in [0.25, 0.3) is 0 Å². The number of hydrogen-bond donors (Lipinski definition) is 0. The lowest BCUT2D eigenvalue weighted by atomic mass is 9.96. The third-order valence-electron chi connectivity index (χ3n) is 5.09. The average molecular weight is 423 g/mol. The number of fused-ring (bicyclic) bond motifs is 1. The second-order valence-corrected chi connectivity index (χ2v) is 8.84. The zero-order valence-electron chi connectivity index (χ0n) is 16.4. The van der Waals surface area contributed by atoms with Crippen molar-refractivity contribution in [3.63, 3.8) is 0 Å². The van der Waals surface area contributed by atoms with Gasteiger partial charge in [0.15, 0.2) is 0 Å². The molecule has 4 rings (SSSR count). The van der Waals surface area contributed by atoms with Crippen molar-refractivity contribution in [2.45, 2.75) is 23.9 Å². The smallest absolute Gasteiger partial charge is 0.324 e. The van der Waals surface area contributed by atoms with Crippen molar-refractivity contribution < 1.29 is 22.7 Å². The number of rotatable bonds is 5. The predicted molar refractivity (Wildman–Crippen MR) is 112 cm³/mol. The molecule has 1 atom stereocenters. The highest BCUT2D eigenvalue weighted by Crippen LogP contribution is 2.31. The molecule has 0 spiro atoms. The summed E-state index contributed by atoms with van der Waals surface area (Å²) >= 11 is 0. The number of nitrogens with zero attached hydrogens (tertiary/aromatic N) is 1. The first-order valence-corrected chi connectivity index (χ1v) is 10.9. The van der Waals surface area contributed by atoms with E-state index in [4.69, 9.17) is 9.47 Å². The Hall–Kier alpha value is -3.16. The zero-order chi connectivity index (χ0) is 21.1. The van der Waals surface area contributed by atoms with Crippen molar-refractivity contribution >= 4 is 16.0 Å². The van der Waals surface area contributed by atoms with Crippen LogP contribution in [0.4, 0.5) is 0 Å². The molecule has 30 heavy (non-hydrogen) atoms. The van der Waals surface area contributed by atoms with Crippen molar-refractivity contribution in [3.8, 4) is 11.5 Å². The summed E-state index contributed by atoms with van der Waals surface area (Å²) < 4.78 is 38.6. The van der Waals surface area contributed by atoms with Crippen LogP contribution in [0.15, 0.2) is 83.8 Å². The van der Waals surface area contributed by atoms with Crippen molar-refractivity contribution in [1.29, 1.82) is 0 Å².